The highest BCUT2D eigenvalue weighted by Gasteiger charge is 2.04. The van der Waals surface area contributed by atoms with Gasteiger partial charge < -0.3 is 0 Å². The van der Waals surface area contributed by atoms with E-state index in [1.807, 2.05) is 67.7 Å². The molecule has 2 amide bonds. The van der Waals surface area contributed by atoms with E-state index in [1.165, 1.54) is 23.4 Å². The number of aryl methyl sites for hydroxylation is 1. The molecule has 0 atom stereocenters. The van der Waals surface area contributed by atoms with Gasteiger partial charge in [0.2, 0.25) is 5.91 Å². The van der Waals surface area contributed by atoms with Gasteiger partial charge in [-0.05, 0) is 37.3 Å². The fraction of sp³-hybridized carbons (Fsp3) is 0.0952. The standard InChI is InChI=1S/C21H20N4O2S/c1-16-7-10-19(11-8-16)28-15-21(27)24-23-20(26)12-9-17-13-22-25(14-17)18-5-3-2-4-6-18/h2-14H,15H2,1H3,(H,23,26)(H,24,27)/b12-9+. The van der Waals surface area contributed by atoms with Crippen LogP contribution < -0.4 is 10.9 Å². The molecule has 0 radical (unpaired) electrons. The van der Waals surface area contributed by atoms with Gasteiger partial charge in [0, 0.05) is 22.7 Å². The third-order valence-corrected chi connectivity index (χ3v) is 4.78. The Labute approximate surface area is 167 Å². The van der Waals surface area contributed by atoms with Gasteiger partial charge in [0.15, 0.2) is 0 Å². The number of hydrogen-bond acceptors (Lipinski definition) is 4. The number of para-hydroxylation sites is 1. The molecule has 0 aliphatic rings. The lowest BCUT2D eigenvalue weighted by Crippen LogP contribution is -2.41. The monoisotopic (exact) mass is 392 g/mol. The third kappa shape index (κ3) is 5.85. The molecule has 3 rings (SSSR count). The number of nitrogens with zero attached hydrogens (tertiary/aromatic N) is 2. The molecule has 0 unspecified atom stereocenters. The molecule has 0 fully saturated rings. The van der Waals surface area contributed by atoms with Gasteiger partial charge >= 0.3 is 0 Å². The molecular weight excluding hydrogens is 372 g/mol. The highest BCUT2D eigenvalue weighted by atomic mass is 32.2. The Kier molecular flexibility index (Phi) is 6.64. The van der Waals surface area contributed by atoms with Crippen LogP contribution in [0.2, 0.25) is 0 Å². The Bertz CT molecular complexity index is 966. The van der Waals surface area contributed by atoms with Gasteiger partial charge in [-0.15, -0.1) is 11.8 Å². The van der Waals surface area contributed by atoms with Crippen molar-refractivity contribution in [3.8, 4) is 5.69 Å². The lowest BCUT2D eigenvalue weighted by molar-refractivity contribution is -0.125. The van der Waals surface area contributed by atoms with Crippen molar-refractivity contribution in [1.82, 2.24) is 20.6 Å². The fourth-order valence-electron chi connectivity index (χ4n) is 2.31. The molecule has 3 aromatic rings. The molecule has 0 aliphatic carbocycles. The van der Waals surface area contributed by atoms with Crippen molar-refractivity contribution in [2.24, 2.45) is 0 Å². The minimum Gasteiger partial charge on any atom is -0.272 e. The van der Waals surface area contributed by atoms with Crippen LogP contribution in [0.15, 0.2) is 78.0 Å². The van der Waals surface area contributed by atoms with Crippen LogP contribution in [0.25, 0.3) is 11.8 Å². The molecule has 1 heterocycles. The number of hydrogen-bond donors (Lipinski definition) is 2. The first-order valence-corrected chi connectivity index (χ1v) is 9.65. The summed E-state index contributed by atoms with van der Waals surface area (Å²) < 4.78 is 1.72. The quantitative estimate of drug-likeness (QED) is 0.384. The molecule has 142 valence electrons. The van der Waals surface area contributed by atoms with Gasteiger partial charge in [-0.3, -0.25) is 20.4 Å². The number of nitrogens with one attached hydrogen (secondary N) is 2. The predicted molar refractivity (Wildman–Crippen MR) is 111 cm³/mol. The first-order chi connectivity index (χ1) is 13.6. The van der Waals surface area contributed by atoms with Crippen LogP contribution in [0, 0.1) is 6.92 Å². The van der Waals surface area contributed by atoms with Crippen molar-refractivity contribution in [3.05, 3.63) is 84.2 Å². The zero-order valence-corrected chi connectivity index (χ0v) is 16.1. The molecule has 6 nitrogen and oxygen atoms in total. The maximum atomic E-state index is 11.9. The maximum Gasteiger partial charge on any atom is 0.262 e. The van der Waals surface area contributed by atoms with Crippen molar-refractivity contribution in [2.45, 2.75) is 11.8 Å². The molecule has 2 aromatic carbocycles. The lowest BCUT2D eigenvalue weighted by Gasteiger charge is -2.05. The molecule has 0 saturated carbocycles. The molecule has 0 saturated heterocycles. The molecular formula is C21H20N4O2S. The predicted octanol–water partition coefficient (Wildman–Crippen LogP) is 3.13. The summed E-state index contributed by atoms with van der Waals surface area (Å²) in [5.74, 6) is -0.470. The summed E-state index contributed by atoms with van der Waals surface area (Å²) in [5.41, 5.74) is 7.65. The van der Waals surface area contributed by atoms with Crippen molar-refractivity contribution < 1.29 is 9.59 Å². The second-order valence-corrected chi connectivity index (χ2v) is 7.08. The topological polar surface area (TPSA) is 76.0 Å². The normalized spacial score (nSPS) is 10.8. The minimum atomic E-state index is -0.416. The van der Waals surface area contributed by atoms with E-state index in [4.69, 9.17) is 0 Å². The van der Waals surface area contributed by atoms with E-state index >= 15 is 0 Å². The SMILES string of the molecule is Cc1ccc(SCC(=O)NNC(=O)/C=C/c2cnn(-c3ccccc3)c2)cc1. The molecule has 7 heteroatoms. The third-order valence-electron chi connectivity index (χ3n) is 3.77. The smallest absolute Gasteiger partial charge is 0.262 e. The van der Waals surface area contributed by atoms with Crippen molar-refractivity contribution in [1.29, 1.82) is 0 Å². The first kappa shape index (κ1) is 19.4. The van der Waals surface area contributed by atoms with Gasteiger partial charge in [-0.1, -0.05) is 35.9 Å². The number of amides is 2. The van der Waals surface area contributed by atoms with E-state index in [9.17, 15) is 9.59 Å². The first-order valence-electron chi connectivity index (χ1n) is 8.66. The number of rotatable bonds is 6. The van der Waals surface area contributed by atoms with E-state index in [-0.39, 0.29) is 11.7 Å². The summed E-state index contributed by atoms with van der Waals surface area (Å²) in [5, 5.41) is 4.26. The minimum absolute atomic E-state index is 0.219. The number of carbonyl (C=O) groups is 2. The zero-order chi connectivity index (χ0) is 19.8. The molecule has 2 N–H and O–H groups in total. The van der Waals surface area contributed by atoms with E-state index in [0.717, 1.165) is 16.1 Å². The van der Waals surface area contributed by atoms with Crippen LogP contribution in [-0.4, -0.2) is 27.3 Å². The van der Waals surface area contributed by atoms with Gasteiger partial charge in [0.1, 0.15) is 0 Å². The lowest BCUT2D eigenvalue weighted by atomic mass is 10.2. The van der Waals surface area contributed by atoms with E-state index in [2.05, 4.69) is 16.0 Å². The van der Waals surface area contributed by atoms with Crippen LogP contribution in [0.3, 0.4) is 0 Å². The summed E-state index contributed by atoms with van der Waals surface area (Å²) in [7, 11) is 0. The Morgan fingerprint density at radius 2 is 1.82 bits per heavy atom. The molecule has 0 bridgehead atoms. The maximum absolute atomic E-state index is 11.9. The Hall–Kier alpha value is -3.32. The van der Waals surface area contributed by atoms with E-state index in [1.54, 1.807) is 17.0 Å². The largest absolute Gasteiger partial charge is 0.272 e. The van der Waals surface area contributed by atoms with Gasteiger partial charge in [0.25, 0.3) is 5.91 Å². The Morgan fingerprint density at radius 1 is 1.07 bits per heavy atom. The average Bonchev–Trinajstić information content (AvgIpc) is 3.20. The van der Waals surface area contributed by atoms with Crippen LogP contribution in [0.5, 0.6) is 0 Å². The summed E-state index contributed by atoms with van der Waals surface area (Å²) >= 11 is 1.41. The molecule has 0 aliphatic heterocycles. The zero-order valence-electron chi connectivity index (χ0n) is 15.3. The van der Waals surface area contributed by atoms with Crippen molar-refractivity contribution >= 4 is 29.7 Å². The summed E-state index contributed by atoms with van der Waals surface area (Å²) in [6, 6.07) is 17.6. The Morgan fingerprint density at radius 3 is 2.57 bits per heavy atom. The van der Waals surface area contributed by atoms with Crippen LogP contribution in [-0.2, 0) is 9.59 Å². The van der Waals surface area contributed by atoms with Crippen molar-refractivity contribution in [2.75, 3.05) is 5.75 Å². The number of carbonyl (C=O) groups excluding carboxylic acids is 2. The molecule has 1 aromatic heterocycles. The highest BCUT2D eigenvalue weighted by molar-refractivity contribution is 8.00. The fourth-order valence-corrected chi connectivity index (χ4v) is 3.01. The van der Waals surface area contributed by atoms with Crippen LogP contribution in [0.4, 0.5) is 0 Å². The number of hydrazine groups is 1. The van der Waals surface area contributed by atoms with E-state index < -0.39 is 5.91 Å². The van der Waals surface area contributed by atoms with Gasteiger partial charge in [-0.25, -0.2) is 4.68 Å². The number of benzene rings is 2. The average molecular weight is 392 g/mol. The van der Waals surface area contributed by atoms with Crippen LogP contribution in [0.1, 0.15) is 11.1 Å². The molecule has 28 heavy (non-hydrogen) atoms. The van der Waals surface area contributed by atoms with Crippen molar-refractivity contribution in [3.63, 3.8) is 0 Å². The number of aromatic nitrogens is 2. The summed E-state index contributed by atoms with van der Waals surface area (Å²) in [6.45, 7) is 2.01. The highest BCUT2D eigenvalue weighted by Crippen LogP contribution is 2.17. The van der Waals surface area contributed by atoms with Crippen LogP contribution >= 0.6 is 11.8 Å². The second kappa shape index (κ2) is 9.57. The van der Waals surface area contributed by atoms with E-state index in [0.29, 0.717) is 0 Å². The van der Waals surface area contributed by atoms with Gasteiger partial charge in [-0.2, -0.15) is 5.10 Å². The molecule has 0 spiro atoms. The summed E-state index contributed by atoms with van der Waals surface area (Å²) in [4.78, 5) is 24.7. The summed E-state index contributed by atoms with van der Waals surface area (Å²) in [6.07, 6.45) is 6.46. The van der Waals surface area contributed by atoms with Gasteiger partial charge in [0.05, 0.1) is 17.6 Å². The second-order valence-electron chi connectivity index (χ2n) is 6.03. The number of thioether (sulfide) groups is 1. The Balaban J connectivity index is 1.43.